The lowest BCUT2D eigenvalue weighted by atomic mass is 10.1. The topological polar surface area (TPSA) is 208 Å². The van der Waals surface area contributed by atoms with Gasteiger partial charge in [-0.15, -0.1) is 0 Å². The molecule has 55 heavy (non-hydrogen) atoms. The lowest BCUT2D eigenvalue weighted by Gasteiger charge is -2.24. The zero-order valence-electron chi connectivity index (χ0n) is 29.7. The molecule has 5 rings (SSSR count). The van der Waals surface area contributed by atoms with Crippen molar-refractivity contribution in [3.63, 3.8) is 0 Å². The monoisotopic (exact) mass is 773 g/mol. The van der Waals surface area contributed by atoms with E-state index in [1.54, 1.807) is 54.6 Å². The zero-order chi connectivity index (χ0) is 39.8. The number of ether oxygens (including phenoxy) is 4. The molecule has 0 unspecified atom stereocenters. The quantitative estimate of drug-likeness (QED) is 0.118. The highest BCUT2D eigenvalue weighted by atomic mass is 19.4. The van der Waals surface area contributed by atoms with Crippen LogP contribution in [0.2, 0.25) is 0 Å². The number of amides is 4. The van der Waals surface area contributed by atoms with Gasteiger partial charge in [-0.2, -0.15) is 13.2 Å². The van der Waals surface area contributed by atoms with Crippen LogP contribution in [0.15, 0.2) is 66.7 Å². The number of nitrogens with one attached hydrogen (secondary N) is 3. The number of aliphatic carboxylic acids is 1. The molecule has 3 aromatic rings. The molecule has 18 heteroatoms. The van der Waals surface area contributed by atoms with Gasteiger partial charge in [-0.3, -0.25) is 19.2 Å². The van der Waals surface area contributed by atoms with Crippen LogP contribution >= 0.6 is 0 Å². The number of benzene rings is 3. The molecule has 0 radical (unpaired) electrons. The maximum absolute atomic E-state index is 13.5. The van der Waals surface area contributed by atoms with Crippen molar-refractivity contribution in [2.75, 3.05) is 70.0 Å². The molecule has 296 valence electrons. The molecule has 1 aliphatic heterocycles. The number of hydrogen-bond donors (Lipinski definition) is 5. The summed E-state index contributed by atoms with van der Waals surface area (Å²) in [5.41, 5.74) is 8.60. The largest absolute Gasteiger partial charge is 0.490 e. The number of nitrogens with two attached hydrogens (primary N) is 1. The van der Waals surface area contributed by atoms with E-state index in [-0.39, 0.29) is 36.3 Å². The summed E-state index contributed by atoms with van der Waals surface area (Å²) >= 11 is 0. The van der Waals surface area contributed by atoms with Gasteiger partial charge in [0.05, 0.1) is 45.3 Å². The van der Waals surface area contributed by atoms with Gasteiger partial charge in [0, 0.05) is 48.1 Å². The first-order chi connectivity index (χ1) is 26.3. The molecule has 1 heterocycles. The fourth-order valence-electron chi connectivity index (χ4n) is 4.99. The molecule has 1 saturated carbocycles. The van der Waals surface area contributed by atoms with Crippen molar-refractivity contribution >= 4 is 41.0 Å². The molecule has 0 spiro atoms. The second kappa shape index (κ2) is 20.8. The molecule has 0 saturated heterocycles. The van der Waals surface area contributed by atoms with Crippen molar-refractivity contribution in [1.82, 2.24) is 10.2 Å². The summed E-state index contributed by atoms with van der Waals surface area (Å²) < 4.78 is 53.3. The average Bonchev–Trinajstić information content (AvgIpc) is 4.01. The standard InChI is InChI=1S/C35H41N5O8.C2HF3O2/c36-12-14-45-16-18-47-19-17-46-15-13-37-33(42)26-2-1-3-28(20-26)38-34(43)25-6-4-24(5-7-25)22-40(29-9-10-29)35(44)27-8-11-30-31(21-27)48-23-32(41)39-30;3-2(4,5)1(6)7/h1-8,11,20-21,29H,9-10,12-19,22-23,36H2,(H,37,42)(H,38,43)(H,39,41);(H,6,7). The van der Waals surface area contributed by atoms with E-state index in [0.29, 0.717) is 93.1 Å². The number of hydrogen-bond acceptors (Lipinski definition) is 10. The average molecular weight is 774 g/mol. The summed E-state index contributed by atoms with van der Waals surface area (Å²) in [6.07, 6.45) is -3.23. The van der Waals surface area contributed by atoms with Gasteiger partial charge in [0.2, 0.25) is 0 Å². The van der Waals surface area contributed by atoms with Crippen LogP contribution in [-0.2, 0) is 30.3 Å². The summed E-state index contributed by atoms with van der Waals surface area (Å²) in [6.45, 7) is 3.75. The van der Waals surface area contributed by atoms with Crippen LogP contribution in [0.3, 0.4) is 0 Å². The predicted octanol–water partition coefficient (Wildman–Crippen LogP) is 3.45. The first-order valence-electron chi connectivity index (χ1n) is 17.3. The van der Waals surface area contributed by atoms with Crippen LogP contribution in [0.5, 0.6) is 5.75 Å². The smallest absolute Gasteiger partial charge is 0.482 e. The van der Waals surface area contributed by atoms with Crippen LogP contribution < -0.4 is 26.4 Å². The first kappa shape index (κ1) is 42.2. The highest BCUT2D eigenvalue weighted by molar-refractivity contribution is 6.05. The van der Waals surface area contributed by atoms with Gasteiger partial charge in [0.1, 0.15) is 5.75 Å². The Labute approximate surface area is 314 Å². The third-order valence-electron chi connectivity index (χ3n) is 7.84. The molecule has 3 aromatic carbocycles. The van der Waals surface area contributed by atoms with E-state index in [4.69, 9.17) is 34.6 Å². The number of alkyl halides is 3. The molecule has 15 nitrogen and oxygen atoms in total. The first-order valence-corrected chi connectivity index (χ1v) is 17.3. The highest BCUT2D eigenvalue weighted by Crippen LogP contribution is 2.33. The van der Waals surface area contributed by atoms with Crippen LogP contribution in [0.4, 0.5) is 24.5 Å². The van der Waals surface area contributed by atoms with Crippen LogP contribution in [0, 0.1) is 0 Å². The summed E-state index contributed by atoms with van der Waals surface area (Å²) in [6, 6.07) is 19.0. The number of fused-ring (bicyclic) bond motifs is 1. The Balaban J connectivity index is 0.000000876. The van der Waals surface area contributed by atoms with Gasteiger partial charge in [-0.25, -0.2) is 4.79 Å². The van der Waals surface area contributed by atoms with Crippen molar-refractivity contribution in [2.24, 2.45) is 5.73 Å². The maximum atomic E-state index is 13.5. The fourth-order valence-corrected chi connectivity index (χ4v) is 4.99. The van der Waals surface area contributed by atoms with Crippen LogP contribution in [0.25, 0.3) is 0 Å². The number of carboxylic acids is 1. The highest BCUT2D eigenvalue weighted by Gasteiger charge is 2.38. The molecule has 0 atom stereocenters. The van der Waals surface area contributed by atoms with E-state index in [0.717, 1.165) is 18.4 Å². The van der Waals surface area contributed by atoms with Gasteiger partial charge in [-0.05, 0) is 66.9 Å². The normalized spacial score (nSPS) is 13.3. The molecule has 2 aliphatic rings. The van der Waals surface area contributed by atoms with Gasteiger partial charge in [-0.1, -0.05) is 18.2 Å². The number of anilines is 2. The third-order valence-corrected chi connectivity index (χ3v) is 7.84. The SMILES string of the molecule is NCCOCCOCCOCCNC(=O)c1cccc(NC(=O)c2ccc(CN(C(=O)c3ccc4c(c3)OCC(=O)N4)C3CC3)cc2)c1.O=C(O)C(F)(F)F. The molecule has 6 N–H and O–H groups in total. The summed E-state index contributed by atoms with van der Waals surface area (Å²) in [7, 11) is 0. The van der Waals surface area contributed by atoms with Crippen molar-refractivity contribution in [2.45, 2.75) is 31.6 Å². The summed E-state index contributed by atoms with van der Waals surface area (Å²) in [4.78, 5) is 61.4. The van der Waals surface area contributed by atoms with Crippen molar-refractivity contribution < 1.29 is 61.2 Å². The van der Waals surface area contributed by atoms with E-state index in [1.165, 1.54) is 0 Å². The van der Waals surface area contributed by atoms with Crippen molar-refractivity contribution in [3.8, 4) is 5.75 Å². The minimum Gasteiger partial charge on any atom is -0.482 e. The second-order valence-corrected chi connectivity index (χ2v) is 12.1. The molecule has 4 amide bonds. The van der Waals surface area contributed by atoms with Crippen LogP contribution in [-0.4, -0.2) is 111 Å². The molecular weight excluding hydrogens is 731 g/mol. The van der Waals surface area contributed by atoms with E-state index in [9.17, 15) is 32.3 Å². The van der Waals surface area contributed by atoms with E-state index >= 15 is 0 Å². The molecule has 1 aliphatic carbocycles. The van der Waals surface area contributed by atoms with E-state index in [2.05, 4.69) is 16.0 Å². The third kappa shape index (κ3) is 14.0. The Hall–Kier alpha value is -5.56. The molecule has 0 aromatic heterocycles. The number of halogens is 3. The summed E-state index contributed by atoms with van der Waals surface area (Å²) in [5, 5.41) is 15.5. The number of carboxylic acid groups (broad SMARTS) is 1. The lowest BCUT2D eigenvalue weighted by molar-refractivity contribution is -0.192. The Morgan fingerprint density at radius 3 is 2.13 bits per heavy atom. The summed E-state index contributed by atoms with van der Waals surface area (Å²) in [5.74, 6) is -3.24. The molecular formula is C37H42F3N5O10. The number of carbonyl (C=O) groups excluding carboxylic acids is 4. The van der Waals surface area contributed by atoms with Crippen molar-refractivity contribution in [3.05, 3.63) is 89.0 Å². The van der Waals surface area contributed by atoms with E-state index < -0.39 is 12.1 Å². The minimum absolute atomic E-state index is 0.0842. The zero-order valence-corrected chi connectivity index (χ0v) is 29.7. The van der Waals surface area contributed by atoms with E-state index in [1.807, 2.05) is 17.0 Å². The van der Waals surface area contributed by atoms with Crippen LogP contribution in [0.1, 0.15) is 49.5 Å². The van der Waals surface area contributed by atoms with Gasteiger partial charge in [0.25, 0.3) is 23.6 Å². The molecule has 1 fully saturated rings. The Kier molecular flexibility index (Phi) is 15.9. The second-order valence-electron chi connectivity index (χ2n) is 12.1. The molecule has 0 bridgehead atoms. The lowest BCUT2D eigenvalue weighted by Crippen LogP contribution is -2.33. The van der Waals surface area contributed by atoms with Gasteiger partial charge >= 0.3 is 12.1 Å². The Morgan fingerprint density at radius 1 is 0.855 bits per heavy atom. The Morgan fingerprint density at radius 2 is 1.49 bits per heavy atom. The fraction of sp³-hybridized carbons (Fsp3) is 0.378. The van der Waals surface area contributed by atoms with Crippen molar-refractivity contribution in [1.29, 1.82) is 0 Å². The Bertz CT molecular complexity index is 1790. The van der Waals surface area contributed by atoms with Gasteiger partial charge in [0.15, 0.2) is 6.61 Å². The minimum atomic E-state index is -5.08. The maximum Gasteiger partial charge on any atom is 0.490 e. The number of carbonyl (C=O) groups is 5. The predicted molar refractivity (Wildman–Crippen MR) is 192 cm³/mol. The van der Waals surface area contributed by atoms with Gasteiger partial charge < -0.3 is 50.6 Å². The number of nitrogens with zero attached hydrogens (tertiary/aromatic N) is 1. The number of rotatable bonds is 18.